The Morgan fingerprint density at radius 1 is 1.23 bits per heavy atom. The molecule has 5 heteroatoms. The van der Waals surface area contributed by atoms with E-state index in [0.29, 0.717) is 25.1 Å². The highest BCUT2D eigenvalue weighted by atomic mass is 35.5. The van der Waals surface area contributed by atoms with Crippen molar-refractivity contribution in [2.45, 2.75) is 57.2 Å². The number of hydrogen-bond donors (Lipinski definition) is 2. The molecular formula is C17H25ClN2O2. The highest BCUT2D eigenvalue weighted by Gasteiger charge is 2.21. The molecule has 3 rings (SSSR count). The molecule has 1 unspecified atom stereocenters. The van der Waals surface area contributed by atoms with E-state index in [9.17, 15) is 4.79 Å². The van der Waals surface area contributed by atoms with Gasteiger partial charge in [-0.2, -0.15) is 0 Å². The van der Waals surface area contributed by atoms with Gasteiger partial charge in [0.05, 0.1) is 6.10 Å². The summed E-state index contributed by atoms with van der Waals surface area (Å²) >= 11 is 0. The monoisotopic (exact) mass is 324 g/mol. The molecule has 0 radical (unpaired) electrons. The van der Waals surface area contributed by atoms with Crippen LogP contribution in [0, 0.1) is 0 Å². The van der Waals surface area contributed by atoms with Crippen molar-refractivity contribution in [3.05, 3.63) is 29.8 Å². The third-order valence-corrected chi connectivity index (χ3v) is 4.39. The van der Waals surface area contributed by atoms with Crippen LogP contribution in [0.25, 0.3) is 0 Å². The molecule has 2 aliphatic rings. The van der Waals surface area contributed by atoms with Crippen molar-refractivity contribution in [3.8, 4) is 5.75 Å². The fourth-order valence-electron chi connectivity index (χ4n) is 2.85. The van der Waals surface area contributed by atoms with Crippen LogP contribution in [0.2, 0.25) is 0 Å². The van der Waals surface area contributed by atoms with Gasteiger partial charge in [0.2, 0.25) is 5.91 Å². The van der Waals surface area contributed by atoms with Crippen molar-refractivity contribution in [3.63, 3.8) is 0 Å². The fourth-order valence-corrected chi connectivity index (χ4v) is 2.85. The van der Waals surface area contributed by atoms with Crippen molar-refractivity contribution in [2.75, 3.05) is 6.54 Å². The van der Waals surface area contributed by atoms with Gasteiger partial charge < -0.3 is 15.4 Å². The van der Waals surface area contributed by atoms with Crippen molar-refractivity contribution in [2.24, 2.45) is 0 Å². The minimum Gasteiger partial charge on any atom is -0.490 e. The van der Waals surface area contributed by atoms with Gasteiger partial charge in [-0.3, -0.25) is 4.79 Å². The number of nitrogens with one attached hydrogen (secondary N) is 2. The fraction of sp³-hybridized carbons (Fsp3) is 0.588. The topological polar surface area (TPSA) is 50.4 Å². The first kappa shape index (κ1) is 17.1. The third kappa shape index (κ3) is 4.62. The van der Waals surface area contributed by atoms with Crippen LogP contribution in [0.15, 0.2) is 24.3 Å². The molecule has 1 atom stereocenters. The number of rotatable bonds is 6. The minimum atomic E-state index is 0. The maximum absolute atomic E-state index is 12.0. The highest BCUT2D eigenvalue weighted by molar-refractivity contribution is 5.85. The lowest BCUT2D eigenvalue weighted by Gasteiger charge is -2.27. The zero-order valence-corrected chi connectivity index (χ0v) is 13.7. The van der Waals surface area contributed by atoms with Gasteiger partial charge in [-0.05, 0) is 44.7 Å². The largest absolute Gasteiger partial charge is 0.490 e. The Bertz CT molecular complexity index is 485. The number of ether oxygens (including phenoxy) is 1. The van der Waals surface area contributed by atoms with Gasteiger partial charge in [0.25, 0.3) is 0 Å². The van der Waals surface area contributed by atoms with E-state index in [1.54, 1.807) is 0 Å². The van der Waals surface area contributed by atoms with Crippen molar-refractivity contribution in [1.82, 2.24) is 10.6 Å². The first-order valence-electron chi connectivity index (χ1n) is 8.06. The van der Waals surface area contributed by atoms with Crippen LogP contribution < -0.4 is 15.4 Å². The van der Waals surface area contributed by atoms with E-state index in [4.69, 9.17) is 4.74 Å². The Kier molecular flexibility index (Phi) is 6.52. The summed E-state index contributed by atoms with van der Waals surface area (Å²) in [6.45, 7) is 1.59. The molecule has 1 saturated carbocycles. The Labute approximate surface area is 138 Å². The summed E-state index contributed by atoms with van der Waals surface area (Å²) in [4.78, 5) is 12.0. The summed E-state index contributed by atoms with van der Waals surface area (Å²) in [5.74, 6) is 1.04. The summed E-state index contributed by atoms with van der Waals surface area (Å²) in [5, 5.41) is 6.37. The molecule has 2 fully saturated rings. The van der Waals surface area contributed by atoms with E-state index >= 15 is 0 Å². The van der Waals surface area contributed by atoms with Crippen molar-refractivity contribution < 1.29 is 9.53 Å². The molecule has 2 N–H and O–H groups in total. The lowest BCUT2D eigenvalue weighted by Crippen LogP contribution is -2.32. The summed E-state index contributed by atoms with van der Waals surface area (Å²) in [6, 6.07) is 8.36. The maximum atomic E-state index is 12.0. The van der Waals surface area contributed by atoms with Gasteiger partial charge in [-0.15, -0.1) is 12.4 Å². The lowest BCUT2D eigenvalue weighted by molar-refractivity contribution is -0.121. The number of amides is 1. The Morgan fingerprint density at radius 2 is 2.05 bits per heavy atom. The molecular weight excluding hydrogens is 300 g/mol. The molecule has 1 aromatic rings. The number of carbonyl (C=O) groups excluding carboxylic acids is 1. The summed E-state index contributed by atoms with van der Waals surface area (Å²) in [7, 11) is 0. The first-order chi connectivity index (χ1) is 10.3. The normalized spacial score (nSPS) is 20.8. The van der Waals surface area contributed by atoms with E-state index in [1.165, 1.54) is 12.8 Å². The molecule has 1 amide bonds. The van der Waals surface area contributed by atoms with Crippen LogP contribution in [0.4, 0.5) is 0 Å². The van der Waals surface area contributed by atoms with Gasteiger partial charge >= 0.3 is 0 Å². The molecule has 122 valence electrons. The molecule has 1 saturated heterocycles. The van der Waals surface area contributed by atoms with Crippen LogP contribution in [0.5, 0.6) is 5.75 Å². The van der Waals surface area contributed by atoms with Crippen LogP contribution >= 0.6 is 12.4 Å². The second kappa shape index (κ2) is 8.39. The number of halogens is 1. The average molecular weight is 325 g/mol. The minimum absolute atomic E-state index is 0. The third-order valence-electron chi connectivity index (χ3n) is 4.39. The van der Waals surface area contributed by atoms with Gasteiger partial charge in [0.1, 0.15) is 5.75 Å². The SMILES string of the molecule is Cl.O=C(CC1CCCN1)NCc1ccccc1OC1CCC1. The van der Waals surface area contributed by atoms with E-state index in [0.717, 1.165) is 37.1 Å². The molecule has 1 heterocycles. The number of benzene rings is 1. The molecule has 0 aromatic heterocycles. The van der Waals surface area contributed by atoms with Crippen LogP contribution in [0.1, 0.15) is 44.1 Å². The first-order valence-corrected chi connectivity index (χ1v) is 8.06. The molecule has 1 aliphatic heterocycles. The van der Waals surface area contributed by atoms with E-state index in [1.807, 2.05) is 24.3 Å². The van der Waals surface area contributed by atoms with Gasteiger partial charge in [-0.1, -0.05) is 18.2 Å². The number of carbonyl (C=O) groups is 1. The van der Waals surface area contributed by atoms with Crippen LogP contribution in [-0.4, -0.2) is 24.6 Å². The second-order valence-electron chi connectivity index (χ2n) is 6.05. The Balaban J connectivity index is 0.00000176. The van der Waals surface area contributed by atoms with Crippen LogP contribution in [-0.2, 0) is 11.3 Å². The van der Waals surface area contributed by atoms with Crippen molar-refractivity contribution in [1.29, 1.82) is 0 Å². The lowest BCUT2D eigenvalue weighted by atomic mass is 9.96. The predicted molar refractivity (Wildman–Crippen MR) is 89.4 cm³/mol. The molecule has 22 heavy (non-hydrogen) atoms. The van der Waals surface area contributed by atoms with Crippen LogP contribution in [0.3, 0.4) is 0 Å². The average Bonchev–Trinajstić information content (AvgIpc) is 2.94. The predicted octanol–water partition coefficient (Wildman–Crippen LogP) is 2.80. The van der Waals surface area contributed by atoms with Gasteiger partial charge in [-0.25, -0.2) is 0 Å². The van der Waals surface area contributed by atoms with Gasteiger partial charge in [0, 0.05) is 24.6 Å². The molecule has 0 spiro atoms. The summed E-state index contributed by atoms with van der Waals surface area (Å²) in [5.41, 5.74) is 1.07. The van der Waals surface area contributed by atoms with E-state index < -0.39 is 0 Å². The van der Waals surface area contributed by atoms with Gasteiger partial charge in [0.15, 0.2) is 0 Å². The quantitative estimate of drug-likeness (QED) is 0.846. The number of para-hydroxylation sites is 1. The molecule has 1 aliphatic carbocycles. The molecule has 1 aromatic carbocycles. The van der Waals surface area contributed by atoms with E-state index in [2.05, 4.69) is 10.6 Å². The molecule has 4 nitrogen and oxygen atoms in total. The summed E-state index contributed by atoms with van der Waals surface area (Å²) < 4.78 is 5.98. The summed E-state index contributed by atoms with van der Waals surface area (Å²) in [6.07, 6.45) is 6.78. The standard InChI is InChI=1S/C17H24N2O2.ClH/c20-17(11-14-6-4-10-18-14)19-12-13-5-1-2-9-16(13)21-15-7-3-8-15;/h1-2,5,9,14-15,18H,3-4,6-8,10-12H2,(H,19,20);1H. The molecule has 0 bridgehead atoms. The van der Waals surface area contributed by atoms with Crippen molar-refractivity contribution >= 4 is 18.3 Å². The number of hydrogen-bond acceptors (Lipinski definition) is 3. The second-order valence-corrected chi connectivity index (χ2v) is 6.05. The Hall–Kier alpha value is -1.26. The maximum Gasteiger partial charge on any atom is 0.221 e. The van der Waals surface area contributed by atoms with E-state index in [-0.39, 0.29) is 18.3 Å². The Morgan fingerprint density at radius 3 is 2.73 bits per heavy atom. The smallest absolute Gasteiger partial charge is 0.221 e. The highest BCUT2D eigenvalue weighted by Crippen LogP contribution is 2.27. The zero-order valence-electron chi connectivity index (χ0n) is 12.8. The zero-order chi connectivity index (χ0) is 14.5.